The summed E-state index contributed by atoms with van der Waals surface area (Å²) in [5.41, 5.74) is 7.16. The molecule has 0 bridgehead atoms. The highest BCUT2D eigenvalue weighted by atomic mass is 79.9. The zero-order valence-corrected chi connectivity index (χ0v) is 12.5. The van der Waals surface area contributed by atoms with Gasteiger partial charge in [0, 0.05) is 21.6 Å². The maximum Gasteiger partial charge on any atom is 0.167 e. The third-order valence-electron chi connectivity index (χ3n) is 4.22. The first-order valence-electron chi connectivity index (χ1n) is 6.58. The molecule has 1 saturated carbocycles. The fraction of sp³-hybridized carbons (Fsp3) is 0.533. The summed E-state index contributed by atoms with van der Waals surface area (Å²) in [5, 5.41) is 0. The van der Waals surface area contributed by atoms with Gasteiger partial charge in [-0.15, -0.1) is 0 Å². The van der Waals surface area contributed by atoms with E-state index in [0.29, 0.717) is 11.6 Å². The molecule has 0 aromatic heterocycles. The minimum atomic E-state index is 0.161. The van der Waals surface area contributed by atoms with E-state index in [9.17, 15) is 4.79 Å². The van der Waals surface area contributed by atoms with E-state index >= 15 is 0 Å². The Hall–Kier alpha value is -0.830. The van der Waals surface area contributed by atoms with Crippen molar-refractivity contribution in [3.05, 3.63) is 28.2 Å². The normalized spacial score (nSPS) is 28.1. The van der Waals surface area contributed by atoms with Crippen LogP contribution in [0.4, 0.5) is 5.69 Å². The van der Waals surface area contributed by atoms with Gasteiger partial charge in [0.25, 0.3) is 0 Å². The van der Waals surface area contributed by atoms with Crippen LogP contribution in [0.1, 0.15) is 43.5 Å². The summed E-state index contributed by atoms with van der Waals surface area (Å²) in [6, 6.07) is 5.46. The number of rotatable bonds is 2. The number of nitrogen functional groups attached to an aromatic ring is 1. The standard InChI is InChI=1S/C15H20BrNO/c1-9-3-4-11(7-10(9)2)15(18)13-8-12(17)5-6-14(13)16/h5-6,8-11H,3-4,7,17H2,1-2H3. The highest BCUT2D eigenvalue weighted by molar-refractivity contribution is 9.10. The molecule has 18 heavy (non-hydrogen) atoms. The summed E-state index contributed by atoms with van der Waals surface area (Å²) in [7, 11) is 0. The number of anilines is 1. The Kier molecular flexibility index (Phi) is 4.10. The van der Waals surface area contributed by atoms with E-state index in [4.69, 9.17) is 5.73 Å². The van der Waals surface area contributed by atoms with Crippen LogP contribution in [-0.2, 0) is 0 Å². The van der Waals surface area contributed by atoms with E-state index in [2.05, 4.69) is 29.8 Å². The van der Waals surface area contributed by atoms with E-state index in [1.807, 2.05) is 12.1 Å². The molecule has 2 rings (SSSR count). The van der Waals surface area contributed by atoms with Crippen LogP contribution < -0.4 is 5.73 Å². The topological polar surface area (TPSA) is 43.1 Å². The highest BCUT2D eigenvalue weighted by Crippen LogP contribution is 2.36. The molecule has 1 aromatic rings. The smallest absolute Gasteiger partial charge is 0.167 e. The first-order chi connectivity index (χ1) is 8.49. The van der Waals surface area contributed by atoms with Gasteiger partial charge in [-0.05, 0) is 49.3 Å². The lowest BCUT2D eigenvalue weighted by Crippen LogP contribution is -2.26. The van der Waals surface area contributed by atoms with Crippen molar-refractivity contribution in [1.82, 2.24) is 0 Å². The zero-order chi connectivity index (χ0) is 13.3. The van der Waals surface area contributed by atoms with Gasteiger partial charge in [-0.2, -0.15) is 0 Å². The van der Waals surface area contributed by atoms with E-state index in [0.717, 1.165) is 35.2 Å². The fourth-order valence-electron chi connectivity index (χ4n) is 2.74. The highest BCUT2D eigenvalue weighted by Gasteiger charge is 2.30. The molecule has 0 spiro atoms. The van der Waals surface area contributed by atoms with E-state index in [1.54, 1.807) is 6.07 Å². The maximum absolute atomic E-state index is 12.5. The van der Waals surface area contributed by atoms with Gasteiger partial charge in [-0.1, -0.05) is 29.8 Å². The van der Waals surface area contributed by atoms with Crippen LogP contribution in [0.2, 0.25) is 0 Å². The molecule has 0 aliphatic heterocycles. The van der Waals surface area contributed by atoms with Crippen LogP contribution in [0.3, 0.4) is 0 Å². The summed E-state index contributed by atoms with van der Waals surface area (Å²) >= 11 is 3.45. The molecule has 0 saturated heterocycles. The number of carbonyl (C=O) groups excluding carboxylic acids is 1. The van der Waals surface area contributed by atoms with E-state index in [-0.39, 0.29) is 11.7 Å². The van der Waals surface area contributed by atoms with Crippen molar-refractivity contribution in [2.75, 3.05) is 5.73 Å². The Morgan fingerprint density at radius 1 is 1.28 bits per heavy atom. The van der Waals surface area contributed by atoms with Crippen LogP contribution in [0.15, 0.2) is 22.7 Å². The molecule has 98 valence electrons. The second-order valence-corrected chi connectivity index (χ2v) is 6.42. The average molecular weight is 310 g/mol. The van der Waals surface area contributed by atoms with Gasteiger partial charge in [0.05, 0.1) is 0 Å². The average Bonchev–Trinajstić information content (AvgIpc) is 2.35. The van der Waals surface area contributed by atoms with Crippen LogP contribution >= 0.6 is 15.9 Å². The minimum Gasteiger partial charge on any atom is -0.399 e. The Balaban J connectivity index is 2.19. The third kappa shape index (κ3) is 2.77. The van der Waals surface area contributed by atoms with Crippen LogP contribution in [0.5, 0.6) is 0 Å². The summed E-state index contributed by atoms with van der Waals surface area (Å²) < 4.78 is 0.855. The second-order valence-electron chi connectivity index (χ2n) is 5.57. The number of hydrogen-bond acceptors (Lipinski definition) is 2. The molecule has 0 radical (unpaired) electrons. The molecule has 1 aromatic carbocycles. The predicted octanol–water partition coefficient (Wildman–Crippen LogP) is 4.29. The SMILES string of the molecule is CC1CCC(C(=O)c2cc(N)ccc2Br)CC1C. The van der Waals surface area contributed by atoms with E-state index < -0.39 is 0 Å². The number of halogens is 1. The van der Waals surface area contributed by atoms with Gasteiger partial charge in [-0.3, -0.25) is 4.79 Å². The molecule has 1 aliphatic rings. The van der Waals surface area contributed by atoms with Gasteiger partial charge in [0.2, 0.25) is 0 Å². The number of carbonyl (C=O) groups is 1. The van der Waals surface area contributed by atoms with Gasteiger partial charge < -0.3 is 5.73 Å². The molecule has 3 atom stereocenters. The van der Waals surface area contributed by atoms with Crippen molar-refractivity contribution < 1.29 is 4.79 Å². The minimum absolute atomic E-state index is 0.161. The van der Waals surface area contributed by atoms with Crippen molar-refractivity contribution in [2.24, 2.45) is 17.8 Å². The van der Waals surface area contributed by atoms with Crippen molar-refractivity contribution in [3.63, 3.8) is 0 Å². The van der Waals surface area contributed by atoms with Gasteiger partial charge in [-0.25, -0.2) is 0 Å². The Labute approximate surface area is 117 Å². The summed E-state index contributed by atoms with van der Waals surface area (Å²) in [4.78, 5) is 12.5. The first-order valence-corrected chi connectivity index (χ1v) is 7.37. The number of benzene rings is 1. The molecule has 0 amide bonds. The monoisotopic (exact) mass is 309 g/mol. The summed E-state index contributed by atoms with van der Waals surface area (Å²) in [6.45, 7) is 4.53. The van der Waals surface area contributed by atoms with E-state index in [1.165, 1.54) is 0 Å². The van der Waals surface area contributed by atoms with Crippen molar-refractivity contribution in [1.29, 1.82) is 0 Å². The molecule has 1 aliphatic carbocycles. The molecule has 0 heterocycles. The quantitative estimate of drug-likeness (QED) is 0.654. The molecule has 3 unspecified atom stereocenters. The molecule has 3 heteroatoms. The number of hydrogen-bond donors (Lipinski definition) is 1. The predicted molar refractivity (Wildman–Crippen MR) is 78.6 cm³/mol. The Bertz CT molecular complexity index is 458. The first kappa shape index (κ1) is 13.6. The lowest BCUT2D eigenvalue weighted by atomic mass is 9.73. The number of nitrogens with two attached hydrogens (primary N) is 1. The maximum atomic E-state index is 12.5. The summed E-state index contributed by atoms with van der Waals surface area (Å²) in [6.07, 6.45) is 3.16. The largest absolute Gasteiger partial charge is 0.399 e. The molecular weight excluding hydrogens is 290 g/mol. The van der Waals surface area contributed by atoms with Crippen molar-refractivity contribution >= 4 is 27.4 Å². The van der Waals surface area contributed by atoms with Crippen LogP contribution in [-0.4, -0.2) is 5.78 Å². The second kappa shape index (κ2) is 5.43. The fourth-order valence-corrected chi connectivity index (χ4v) is 3.18. The van der Waals surface area contributed by atoms with Crippen LogP contribution in [0.25, 0.3) is 0 Å². The lowest BCUT2D eigenvalue weighted by molar-refractivity contribution is 0.0837. The number of Topliss-reactive ketones (excluding diaryl/α,β-unsaturated/α-hetero) is 1. The Morgan fingerprint density at radius 3 is 2.67 bits per heavy atom. The van der Waals surface area contributed by atoms with Gasteiger partial charge >= 0.3 is 0 Å². The lowest BCUT2D eigenvalue weighted by Gasteiger charge is -2.31. The zero-order valence-electron chi connectivity index (χ0n) is 10.9. The third-order valence-corrected chi connectivity index (χ3v) is 4.92. The van der Waals surface area contributed by atoms with Crippen molar-refractivity contribution in [2.45, 2.75) is 33.1 Å². The van der Waals surface area contributed by atoms with Crippen LogP contribution in [0, 0.1) is 17.8 Å². The van der Waals surface area contributed by atoms with Gasteiger partial charge in [0.15, 0.2) is 5.78 Å². The number of ketones is 1. The molecular formula is C15H20BrNO. The Morgan fingerprint density at radius 2 is 2.00 bits per heavy atom. The molecule has 2 nitrogen and oxygen atoms in total. The van der Waals surface area contributed by atoms with Crippen molar-refractivity contribution in [3.8, 4) is 0 Å². The molecule has 1 fully saturated rings. The molecule has 2 N–H and O–H groups in total. The summed E-state index contributed by atoms with van der Waals surface area (Å²) in [5.74, 6) is 1.77. The van der Waals surface area contributed by atoms with Gasteiger partial charge in [0.1, 0.15) is 0 Å².